The van der Waals surface area contributed by atoms with E-state index in [9.17, 15) is 17.8 Å². The van der Waals surface area contributed by atoms with Crippen molar-refractivity contribution in [3.63, 3.8) is 0 Å². The van der Waals surface area contributed by atoms with Crippen molar-refractivity contribution in [3.05, 3.63) is 53.6 Å². The summed E-state index contributed by atoms with van der Waals surface area (Å²) in [5.74, 6) is 1.47. The molecule has 35 heavy (non-hydrogen) atoms. The topological polar surface area (TPSA) is 102 Å². The lowest BCUT2D eigenvalue weighted by Gasteiger charge is -2.47. The van der Waals surface area contributed by atoms with Crippen molar-refractivity contribution in [1.29, 1.82) is 0 Å². The average molecular weight is 504 g/mol. The van der Waals surface area contributed by atoms with E-state index in [0.29, 0.717) is 55.8 Å². The predicted octanol–water partition coefficient (Wildman–Crippen LogP) is 4.30. The van der Waals surface area contributed by atoms with Crippen LogP contribution >= 0.6 is 0 Å². The highest BCUT2D eigenvalue weighted by Gasteiger charge is 2.44. The second-order valence-electron chi connectivity index (χ2n) is 9.62. The van der Waals surface area contributed by atoms with Gasteiger partial charge in [0.25, 0.3) is 16.0 Å². The van der Waals surface area contributed by atoms with Crippen molar-refractivity contribution < 1.29 is 32.0 Å². The maximum absolute atomic E-state index is 13.2. The first-order valence-electron chi connectivity index (χ1n) is 12.0. The minimum Gasteiger partial charge on any atom is -0.493 e. The molecule has 2 heterocycles. The molecule has 8 nitrogen and oxygen atoms in total. The zero-order valence-electron chi connectivity index (χ0n) is 20.4. The van der Waals surface area contributed by atoms with E-state index in [1.807, 2.05) is 43.0 Å². The summed E-state index contributed by atoms with van der Waals surface area (Å²) in [6.07, 6.45) is 2.25. The van der Waals surface area contributed by atoms with E-state index in [-0.39, 0.29) is 23.7 Å². The van der Waals surface area contributed by atoms with E-state index in [1.54, 1.807) is 25.3 Å². The Bertz CT molecular complexity index is 1170. The number of ether oxygens (including phenoxy) is 3. The number of likely N-dealkylation sites (tertiary alicyclic amines) is 1. The standard InChI is InChI=1S/C26H33NO7S/c1-18(2)33-23-9-8-19(16-24(23)32-3)25(28)27-13-11-26(12-14-27)17-20(10-15-35(29,30)31)21-6-4-5-7-22(21)34-26/h4-9,16,18,20H,10-15,17H2,1-3H3,(H,29,30,31). The molecule has 1 amide bonds. The molecule has 2 aromatic carbocycles. The number of rotatable bonds is 7. The fraction of sp³-hybridized carbons (Fsp3) is 0.500. The summed E-state index contributed by atoms with van der Waals surface area (Å²) in [5.41, 5.74) is 1.03. The molecule has 1 N–H and O–H groups in total. The van der Waals surface area contributed by atoms with Crippen LogP contribution in [0.15, 0.2) is 42.5 Å². The number of fused-ring (bicyclic) bond motifs is 1. The number of hydrogen-bond donors (Lipinski definition) is 1. The van der Waals surface area contributed by atoms with Gasteiger partial charge in [-0.2, -0.15) is 8.42 Å². The maximum atomic E-state index is 13.2. The second kappa shape index (κ2) is 10.1. The third-order valence-corrected chi connectivity index (χ3v) is 7.51. The van der Waals surface area contributed by atoms with Crippen molar-refractivity contribution in [2.24, 2.45) is 0 Å². The third kappa shape index (κ3) is 5.90. The van der Waals surface area contributed by atoms with Gasteiger partial charge in [0, 0.05) is 31.5 Å². The number of benzene rings is 2. The molecule has 0 aliphatic carbocycles. The van der Waals surface area contributed by atoms with E-state index in [0.717, 1.165) is 11.3 Å². The fourth-order valence-corrected chi connectivity index (χ4v) is 5.63. The van der Waals surface area contributed by atoms with Crippen molar-refractivity contribution in [1.82, 2.24) is 4.90 Å². The Balaban J connectivity index is 1.47. The quantitative estimate of drug-likeness (QED) is 0.562. The van der Waals surface area contributed by atoms with Crippen LogP contribution in [-0.2, 0) is 10.1 Å². The Morgan fingerprint density at radius 2 is 1.89 bits per heavy atom. The first kappa shape index (κ1) is 25.3. The summed E-state index contributed by atoms with van der Waals surface area (Å²) in [6, 6.07) is 12.9. The Labute approximate surface area is 206 Å². The van der Waals surface area contributed by atoms with Gasteiger partial charge in [0.2, 0.25) is 0 Å². The molecule has 9 heteroatoms. The zero-order chi connectivity index (χ0) is 25.2. The Hall–Kier alpha value is -2.78. The molecule has 1 atom stereocenters. The number of carbonyl (C=O) groups excluding carboxylic acids is 1. The van der Waals surface area contributed by atoms with Crippen LogP contribution < -0.4 is 14.2 Å². The van der Waals surface area contributed by atoms with E-state index >= 15 is 0 Å². The van der Waals surface area contributed by atoms with Crippen LogP contribution in [0.2, 0.25) is 0 Å². The van der Waals surface area contributed by atoms with Gasteiger partial charge >= 0.3 is 0 Å². The van der Waals surface area contributed by atoms with Gasteiger partial charge in [-0.15, -0.1) is 0 Å². The maximum Gasteiger partial charge on any atom is 0.264 e. The van der Waals surface area contributed by atoms with Gasteiger partial charge in [0.1, 0.15) is 11.4 Å². The minimum atomic E-state index is -4.05. The van der Waals surface area contributed by atoms with Gasteiger partial charge in [-0.1, -0.05) is 18.2 Å². The summed E-state index contributed by atoms with van der Waals surface area (Å²) < 4.78 is 49.7. The monoisotopic (exact) mass is 503 g/mol. The molecule has 0 saturated carbocycles. The highest BCUT2D eigenvalue weighted by Crippen LogP contribution is 2.46. The first-order chi connectivity index (χ1) is 16.6. The number of carbonyl (C=O) groups is 1. The number of amides is 1. The number of para-hydroxylation sites is 1. The lowest BCUT2D eigenvalue weighted by molar-refractivity contribution is -0.0183. The summed E-state index contributed by atoms with van der Waals surface area (Å²) >= 11 is 0. The highest BCUT2D eigenvalue weighted by molar-refractivity contribution is 7.85. The molecule has 1 spiro atoms. The lowest BCUT2D eigenvalue weighted by atomic mass is 9.76. The van der Waals surface area contributed by atoms with E-state index in [1.165, 1.54) is 0 Å². The summed E-state index contributed by atoms with van der Waals surface area (Å²) in [5, 5.41) is 0. The first-order valence-corrected chi connectivity index (χ1v) is 13.6. The molecule has 4 rings (SSSR count). The number of nitrogens with zero attached hydrogens (tertiary/aromatic N) is 1. The SMILES string of the molecule is COc1cc(C(=O)N2CCC3(CC2)CC(CCS(=O)(=O)O)c2ccccc2O3)ccc1OC(C)C. The van der Waals surface area contributed by atoms with Gasteiger partial charge < -0.3 is 19.1 Å². The molecule has 1 saturated heterocycles. The molecule has 1 fully saturated rings. The van der Waals surface area contributed by atoms with Gasteiger partial charge in [0.15, 0.2) is 11.5 Å². The molecule has 190 valence electrons. The van der Waals surface area contributed by atoms with Gasteiger partial charge in [-0.05, 0) is 62.4 Å². The molecule has 0 bridgehead atoms. The number of methoxy groups -OCH3 is 1. The lowest BCUT2D eigenvalue weighted by Crippen LogP contribution is -2.51. The molecule has 0 radical (unpaired) electrons. The van der Waals surface area contributed by atoms with Crippen LogP contribution in [-0.4, -0.2) is 61.4 Å². The normalized spacial score (nSPS) is 19.2. The van der Waals surface area contributed by atoms with E-state index in [4.69, 9.17) is 14.2 Å². The molecule has 1 unspecified atom stereocenters. The Kier molecular flexibility index (Phi) is 7.28. The van der Waals surface area contributed by atoms with Crippen molar-refractivity contribution >= 4 is 16.0 Å². The third-order valence-electron chi connectivity index (χ3n) is 6.76. The van der Waals surface area contributed by atoms with Crippen molar-refractivity contribution in [2.75, 3.05) is 26.0 Å². The second-order valence-corrected chi connectivity index (χ2v) is 11.2. The van der Waals surface area contributed by atoms with Crippen molar-refractivity contribution in [3.8, 4) is 17.2 Å². The van der Waals surface area contributed by atoms with Crippen LogP contribution in [0.25, 0.3) is 0 Å². The molecule has 2 aliphatic heterocycles. The Morgan fingerprint density at radius 3 is 2.54 bits per heavy atom. The molecule has 2 aliphatic rings. The fourth-order valence-electron chi connectivity index (χ4n) is 5.05. The van der Waals surface area contributed by atoms with Gasteiger partial charge in [0.05, 0.1) is 19.0 Å². The van der Waals surface area contributed by atoms with E-state index < -0.39 is 15.7 Å². The Morgan fingerprint density at radius 1 is 1.17 bits per heavy atom. The van der Waals surface area contributed by atoms with Crippen LogP contribution in [0, 0.1) is 0 Å². The molecule has 0 aromatic heterocycles. The van der Waals surface area contributed by atoms with E-state index in [2.05, 4.69) is 0 Å². The van der Waals surface area contributed by atoms with Gasteiger partial charge in [-0.25, -0.2) is 0 Å². The smallest absolute Gasteiger partial charge is 0.264 e. The van der Waals surface area contributed by atoms with Gasteiger partial charge in [-0.3, -0.25) is 9.35 Å². The minimum absolute atomic E-state index is 0.00864. The highest BCUT2D eigenvalue weighted by atomic mass is 32.2. The largest absolute Gasteiger partial charge is 0.493 e. The van der Waals surface area contributed by atoms with Crippen LogP contribution in [0.5, 0.6) is 17.2 Å². The molecular formula is C26H33NO7S. The van der Waals surface area contributed by atoms with Crippen LogP contribution in [0.4, 0.5) is 0 Å². The average Bonchev–Trinajstić information content (AvgIpc) is 2.82. The zero-order valence-corrected chi connectivity index (χ0v) is 21.2. The summed E-state index contributed by atoms with van der Waals surface area (Å²) in [4.78, 5) is 15.1. The summed E-state index contributed by atoms with van der Waals surface area (Å²) in [7, 11) is -2.49. The molecular weight excluding hydrogens is 470 g/mol. The molecule has 2 aromatic rings. The predicted molar refractivity (Wildman–Crippen MR) is 132 cm³/mol. The van der Waals surface area contributed by atoms with Crippen molar-refractivity contribution in [2.45, 2.75) is 57.2 Å². The van der Waals surface area contributed by atoms with Crippen LogP contribution in [0.3, 0.4) is 0 Å². The summed E-state index contributed by atoms with van der Waals surface area (Å²) in [6.45, 7) is 4.92. The van der Waals surface area contributed by atoms with Crippen LogP contribution in [0.1, 0.15) is 61.4 Å². The number of piperidine rings is 1. The number of hydrogen-bond acceptors (Lipinski definition) is 6.